The molecule has 2 atom stereocenters. The molecule has 1 aliphatic rings. The number of ether oxygens (including phenoxy) is 1. The van der Waals surface area contributed by atoms with Gasteiger partial charge in [-0.15, -0.1) is 0 Å². The van der Waals surface area contributed by atoms with Gasteiger partial charge in [-0.25, -0.2) is 0 Å². The van der Waals surface area contributed by atoms with Crippen molar-refractivity contribution in [2.45, 2.75) is 39.5 Å². The van der Waals surface area contributed by atoms with Crippen molar-refractivity contribution in [1.29, 1.82) is 0 Å². The highest BCUT2D eigenvalue weighted by Gasteiger charge is 2.49. The summed E-state index contributed by atoms with van der Waals surface area (Å²) in [7, 11) is 0. The quantitative estimate of drug-likeness (QED) is 0.624. The fourth-order valence-electron chi connectivity index (χ4n) is 2.34. The Hall–Kier alpha value is -1.64. The average molecular weight is 274 g/mol. The predicted molar refractivity (Wildman–Crippen MR) is 77.7 cm³/mol. The van der Waals surface area contributed by atoms with Crippen LogP contribution in [0.3, 0.4) is 0 Å². The van der Waals surface area contributed by atoms with Gasteiger partial charge in [0.2, 0.25) is 0 Å². The first-order chi connectivity index (χ1) is 9.34. The van der Waals surface area contributed by atoms with Crippen LogP contribution in [-0.4, -0.2) is 18.4 Å². The number of hydrogen-bond donors (Lipinski definition) is 0. The van der Waals surface area contributed by atoms with Gasteiger partial charge in [0.05, 0.1) is 12.5 Å². The Morgan fingerprint density at radius 3 is 2.25 bits per heavy atom. The van der Waals surface area contributed by atoms with Crippen molar-refractivity contribution in [3.63, 3.8) is 0 Å². The number of esters is 1. The molecule has 0 saturated heterocycles. The van der Waals surface area contributed by atoms with Gasteiger partial charge in [-0.3, -0.25) is 9.59 Å². The van der Waals surface area contributed by atoms with Crippen LogP contribution in [0.4, 0.5) is 0 Å². The molecule has 0 aromatic heterocycles. The topological polar surface area (TPSA) is 43.4 Å². The van der Waals surface area contributed by atoms with Gasteiger partial charge in [0.15, 0.2) is 5.78 Å². The van der Waals surface area contributed by atoms with Crippen molar-refractivity contribution in [3.8, 4) is 0 Å². The first-order valence-corrected chi connectivity index (χ1v) is 7.16. The van der Waals surface area contributed by atoms with Crippen LogP contribution in [0.15, 0.2) is 24.3 Å². The normalized spacial score (nSPS) is 21.4. The highest BCUT2D eigenvalue weighted by atomic mass is 16.5. The first kappa shape index (κ1) is 14.8. The van der Waals surface area contributed by atoms with Gasteiger partial charge in [0, 0.05) is 11.5 Å². The zero-order valence-electron chi connectivity index (χ0n) is 12.6. The highest BCUT2D eigenvalue weighted by molar-refractivity contribution is 6.02. The number of ketones is 1. The maximum absolute atomic E-state index is 12.3. The summed E-state index contributed by atoms with van der Waals surface area (Å²) in [5.41, 5.74) is 1.97. The van der Waals surface area contributed by atoms with E-state index in [1.807, 2.05) is 24.3 Å². The van der Waals surface area contributed by atoms with Crippen molar-refractivity contribution in [1.82, 2.24) is 0 Å². The van der Waals surface area contributed by atoms with Crippen LogP contribution < -0.4 is 0 Å². The van der Waals surface area contributed by atoms with E-state index < -0.39 is 0 Å². The number of carbonyl (C=O) groups is 2. The van der Waals surface area contributed by atoms with Crippen LogP contribution in [-0.2, 0) is 14.9 Å². The molecule has 0 heterocycles. The minimum Gasteiger partial charge on any atom is -0.466 e. The molecule has 3 nitrogen and oxygen atoms in total. The Morgan fingerprint density at radius 1 is 1.15 bits per heavy atom. The Bertz CT molecular complexity index is 508. The average Bonchev–Trinajstić information content (AvgIpc) is 3.17. The molecule has 1 aromatic rings. The summed E-state index contributed by atoms with van der Waals surface area (Å²) in [6.45, 7) is 8.57. The summed E-state index contributed by atoms with van der Waals surface area (Å²) in [6.07, 6.45) is 0.624. The molecule has 108 valence electrons. The van der Waals surface area contributed by atoms with Crippen molar-refractivity contribution >= 4 is 11.8 Å². The van der Waals surface area contributed by atoms with Gasteiger partial charge in [-0.1, -0.05) is 45.0 Å². The Kier molecular flexibility index (Phi) is 3.98. The summed E-state index contributed by atoms with van der Waals surface area (Å²) < 4.78 is 4.95. The van der Waals surface area contributed by atoms with Crippen molar-refractivity contribution in [2.75, 3.05) is 6.61 Å². The zero-order chi connectivity index (χ0) is 14.9. The highest BCUT2D eigenvalue weighted by Crippen LogP contribution is 2.42. The third kappa shape index (κ3) is 3.09. The molecule has 0 N–H and O–H groups in total. The molecule has 1 aromatic carbocycles. The lowest BCUT2D eigenvalue weighted by Gasteiger charge is -2.18. The zero-order valence-corrected chi connectivity index (χ0v) is 12.6. The molecule has 0 bridgehead atoms. The van der Waals surface area contributed by atoms with Gasteiger partial charge < -0.3 is 4.74 Å². The van der Waals surface area contributed by atoms with Crippen molar-refractivity contribution in [2.24, 2.45) is 11.8 Å². The fraction of sp³-hybridized carbons (Fsp3) is 0.529. The smallest absolute Gasteiger partial charge is 0.309 e. The second-order valence-corrected chi connectivity index (χ2v) is 6.39. The molecule has 1 aliphatic carbocycles. The molecule has 1 saturated carbocycles. The van der Waals surface area contributed by atoms with E-state index in [0.717, 1.165) is 0 Å². The van der Waals surface area contributed by atoms with E-state index in [-0.39, 0.29) is 29.0 Å². The third-order valence-electron chi connectivity index (χ3n) is 3.75. The second kappa shape index (κ2) is 5.39. The number of carbonyl (C=O) groups excluding carboxylic acids is 2. The lowest BCUT2D eigenvalue weighted by atomic mass is 9.86. The van der Waals surface area contributed by atoms with E-state index in [0.29, 0.717) is 18.6 Å². The van der Waals surface area contributed by atoms with Gasteiger partial charge in [-0.2, -0.15) is 0 Å². The summed E-state index contributed by atoms with van der Waals surface area (Å²) in [4.78, 5) is 23.8. The number of benzene rings is 1. The molecule has 0 aliphatic heterocycles. The van der Waals surface area contributed by atoms with Gasteiger partial charge in [0.25, 0.3) is 0 Å². The number of hydrogen-bond acceptors (Lipinski definition) is 3. The Balaban J connectivity index is 2.03. The third-order valence-corrected chi connectivity index (χ3v) is 3.75. The Morgan fingerprint density at radius 2 is 1.75 bits per heavy atom. The summed E-state index contributed by atoms with van der Waals surface area (Å²) in [5, 5.41) is 0. The fourth-order valence-corrected chi connectivity index (χ4v) is 2.34. The molecule has 0 radical (unpaired) electrons. The van der Waals surface area contributed by atoms with E-state index in [2.05, 4.69) is 20.8 Å². The molecular formula is C17H22O3. The molecule has 2 rings (SSSR count). The summed E-state index contributed by atoms with van der Waals surface area (Å²) >= 11 is 0. The summed E-state index contributed by atoms with van der Waals surface area (Å²) in [6, 6.07) is 7.72. The molecule has 0 spiro atoms. The van der Waals surface area contributed by atoms with Crippen LogP contribution in [0, 0.1) is 11.8 Å². The van der Waals surface area contributed by atoms with E-state index in [9.17, 15) is 9.59 Å². The van der Waals surface area contributed by atoms with Gasteiger partial charge >= 0.3 is 5.97 Å². The van der Waals surface area contributed by atoms with Gasteiger partial charge in [-0.05, 0) is 24.3 Å². The predicted octanol–water partition coefficient (Wildman–Crippen LogP) is 3.37. The largest absolute Gasteiger partial charge is 0.466 e. The van der Waals surface area contributed by atoms with E-state index >= 15 is 0 Å². The first-order valence-electron chi connectivity index (χ1n) is 7.16. The maximum Gasteiger partial charge on any atom is 0.309 e. The monoisotopic (exact) mass is 274 g/mol. The van der Waals surface area contributed by atoms with Crippen molar-refractivity contribution < 1.29 is 14.3 Å². The van der Waals surface area contributed by atoms with E-state index in [4.69, 9.17) is 4.74 Å². The lowest BCUT2D eigenvalue weighted by Crippen LogP contribution is -2.13. The van der Waals surface area contributed by atoms with Crippen LogP contribution in [0.25, 0.3) is 0 Å². The van der Waals surface area contributed by atoms with E-state index in [1.165, 1.54) is 5.56 Å². The SMILES string of the molecule is CCOC(=O)[C@@H]1CC1C(=O)c1ccc(C(C)(C)C)cc1. The van der Waals surface area contributed by atoms with Crippen LogP contribution in [0.2, 0.25) is 0 Å². The molecule has 0 amide bonds. The van der Waals surface area contributed by atoms with Crippen LogP contribution >= 0.6 is 0 Å². The lowest BCUT2D eigenvalue weighted by molar-refractivity contribution is -0.144. The van der Waals surface area contributed by atoms with E-state index in [1.54, 1.807) is 6.92 Å². The maximum atomic E-state index is 12.3. The molecule has 20 heavy (non-hydrogen) atoms. The minimum atomic E-state index is -0.239. The second-order valence-electron chi connectivity index (χ2n) is 6.39. The molecule has 3 heteroatoms. The molecule has 1 unspecified atom stereocenters. The standard InChI is InChI=1S/C17H22O3/c1-5-20-16(19)14-10-13(14)15(18)11-6-8-12(9-7-11)17(2,3)4/h6-9,13-14H,5,10H2,1-4H3/t13?,14-/m1/s1. The Labute approximate surface area is 120 Å². The van der Waals surface area contributed by atoms with Gasteiger partial charge in [0.1, 0.15) is 0 Å². The van der Waals surface area contributed by atoms with Crippen LogP contribution in [0.1, 0.15) is 50.0 Å². The summed E-state index contributed by atoms with van der Waals surface area (Å²) in [5.74, 6) is -0.597. The van der Waals surface area contributed by atoms with Crippen LogP contribution in [0.5, 0.6) is 0 Å². The molecule has 1 fully saturated rings. The minimum absolute atomic E-state index is 0.0588. The number of rotatable bonds is 4. The molecular weight excluding hydrogens is 252 g/mol. The van der Waals surface area contributed by atoms with Crippen molar-refractivity contribution in [3.05, 3.63) is 35.4 Å². The number of Topliss-reactive ketones (excluding diaryl/α,β-unsaturated/α-hetero) is 1.